The second-order valence-electron chi connectivity index (χ2n) is 8.00. The highest BCUT2D eigenvalue weighted by molar-refractivity contribution is 5.94. The normalized spacial score (nSPS) is 17.6. The number of carbonyl (C=O) groups is 1. The Kier molecular flexibility index (Phi) is 5.88. The third kappa shape index (κ3) is 4.51. The van der Waals surface area contributed by atoms with Crippen molar-refractivity contribution in [2.24, 2.45) is 0 Å². The predicted octanol–water partition coefficient (Wildman–Crippen LogP) is 3.14. The summed E-state index contributed by atoms with van der Waals surface area (Å²) in [6, 6.07) is 4.62. The van der Waals surface area contributed by atoms with E-state index >= 15 is 0 Å². The number of alkyl halides is 3. The maximum Gasteiger partial charge on any atom is 0.416 e. The number of amides is 1. The van der Waals surface area contributed by atoms with Gasteiger partial charge in [-0.3, -0.25) is 4.79 Å². The van der Waals surface area contributed by atoms with Crippen molar-refractivity contribution >= 4 is 11.7 Å². The minimum Gasteiger partial charge on any atom is -0.354 e. The van der Waals surface area contributed by atoms with Crippen molar-refractivity contribution in [3.63, 3.8) is 0 Å². The molecule has 0 atom stereocenters. The molecule has 0 radical (unpaired) electrons. The molecular weight excluding hydrogens is 407 g/mol. The lowest BCUT2D eigenvalue weighted by Crippen LogP contribution is -2.47. The van der Waals surface area contributed by atoms with Gasteiger partial charge >= 0.3 is 6.18 Å². The van der Waals surface area contributed by atoms with Crippen molar-refractivity contribution in [2.45, 2.75) is 33.0 Å². The number of anilines is 1. The zero-order chi connectivity index (χ0) is 22.2. The van der Waals surface area contributed by atoms with E-state index in [-0.39, 0.29) is 5.56 Å². The zero-order valence-electron chi connectivity index (χ0n) is 17.7. The average Bonchev–Trinajstić information content (AvgIpc) is 2.77. The summed E-state index contributed by atoms with van der Waals surface area (Å²) in [5.41, 5.74) is 1.06. The molecule has 1 fully saturated rings. The molecule has 0 spiro atoms. The minimum absolute atomic E-state index is 0.0458. The van der Waals surface area contributed by atoms with Gasteiger partial charge in [0.15, 0.2) is 0 Å². The fourth-order valence-electron chi connectivity index (χ4n) is 4.24. The molecule has 6 nitrogen and oxygen atoms in total. The molecular formula is C22H26F3N5O. The quantitative estimate of drug-likeness (QED) is 0.745. The van der Waals surface area contributed by atoms with Gasteiger partial charge < -0.3 is 14.7 Å². The summed E-state index contributed by atoms with van der Waals surface area (Å²) in [6.07, 6.45) is -3.92. The molecule has 1 saturated heterocycles. The summed E-state index contributed by atoms with van der Waals surface area (Å²) < 4.78 is 39.2. The average molecular weight is 433 g/mol. The van der Waals surface area contributed by atoms with Crippen LogP contribution in [0.2, 0.25) is 0 Å². The van der Waals surface area contributed by atoms with Gasteiger partial charge in [-0.15, -0.1) is 0 Å². The molecule has 0 bridgehead atoms. The standard InChI is InChI=1S/C22H26F3N5O/c1-3-28-9-11-29(12-10-28)20-18-14-30(8-7-19(18)26-15(2)27-20)21(31)16-5-4-6-17(13-16)22(23,24)25/h4-6,13H,3,7-12,14H2,1-2H3. The van der Waals surface area contributed by atoms with Crippen LogP contribution < -0.4 is 4.90 Å². The van der Waals surface area contributed by atoms with Gasteiger partial charge in [-0.25, -0.2) is 9.97 Å². The van der Waals surface area contributed by atoms with Crippen LogP contribution >= 0.6 is 0 Å². The molecule has 1 aromatic carbocycles. The van der Waals surface area contributed by atoms with Gasteiger partial charge in [0.25, 0.3) is 5.91 Å². The largest absolute Gasteiger partial charge is 0.416 e. The van der Waals surface area contributed by atoms with Crippen molar-refractivity contribution in [3.05, 3.63) is 52.5 Å². The van der Waals surface area contributed by atoms with Gasteiger partial charge in [-0.05, 0) is 31.7 Å². The molecule has 2 aliphatic heterocycles. The number of likely N-dealkylation sites (N-methyl/N-ethyl adjacent to an activating group) is 1. The van der Waals surface area contributed by atoms with E-state index in [1.165, 1.54) is 12.1 Å². The summed E-state index contributed by atoms with van der Waals surface area (Å²) in [5.74, 6) is 1.14. The van der Waals surface area contributed by atoms with Crippen LogP contribution in [-0.2, 0) is 19.1 Å². The summed E-state index contributed by atoms with van der Waals surface area (Å²) >= 11 is 0. The SMILES string of the molecule is CCN1CCN(c2nc(C)nc3c2CN(C(=O)c2cccc(C(F)(F)F)c2)CC3)CC1. The molecule has 0 saturated carbocycles. The Morgan fingerprint density at radius 1 is 1.10 bits per heavy atom. The summed E-state index contributed by atoms with van der Waals surface area (Å²) in [7, 11) is 0. The second-order valence-corrected chi connectivity index (χ2v) is 8.00. The van der Waals surface area contributed by atoms with Gasteiger partial charge in [0.1, 0.15) is 11.6 Å². The fourth-order valence-corrected chi connectivity index (χ4v) is 4.24. The Morgan fingerprint density at radius 3 is 2.52 bits per heavy atom. The minimum atomic E-state index is -4.48. The van der Waals surface area contributed by atoms with Gasteiger partial charge in [0.05, 0.1) is 17.8 Å². The Bertz CT molecular complexity index is 970. The summed E-state index contributed by atoms with van der Waals surface area (Å²) in [6.45, 7) is 9.32. The van der Waals surface area contributed by atoms with E-state index in [0.717, 1.165) is 61.9 Å². The second kappa shape index (κ2) is 8.45. The number of carbonyl (C=O) groups excluding carboxylic acids is 1. The Balaban J connectivity index is 1.59. The molecule has 166 valence electrons. The van der Waals surface area contributed by atoms with E-state index < -0.39 is 17.6 Å². The fraction of sp³-hybridized carbons (Fsp3) is 0.500. The van der Waals surface area contributed by atoms with Gasteiger partial charge in [-0.1, -0.05) is 13.0 Å². The number of halogens is 3. The lowest BCUT2D eigenvalue weighted by Gasteiger charge is -2.37. The number of hydrogen-bond donors (Lipinski definition) is 0. The third-order valence-electron chi connectivity index (χ3n) is 5.99. The Morgan fingerprint density at radius 2 is 1.84 bits per heavy atom. The van der Waals surface area contributed by atoms with Gasteiger partial charge in [-0.2, -0.15) is 13.2 Å². The van der Waals surface area contributed by atoms with Crippen molar-refractivity contribution in [1.29, 1.82) is 0 Å². The lowest BCUT2D eigenvalue weighted by molar-refractivity contribution is -0.137. The number of hydrogen-bond acceptors (Lipinski definition) is 5. The van der Waals surface area contributed by atoms with Crippen molar-refractivity contribution in [1.82, 2.24) is 19.8 Å². The summed E-state index contributed by atoms with van der Waals surface area (Å²) in [4.78, 5) is 28.5. The highest BCUT2D eigenvalue weighted by Gasteiger charge is 2.33. The van der Waals surface area contributed by atoms with Gasteiger partial charge in [0.2, 0.25) is 0 Å². The highest BCUT2D eigenvalue weighted by atomic mass is 19.4. The van der Waals surface area contributed by atoms with Crippen molar-refractivity contribution in [3.8, 4) is 0 Å². The maximum absolute atomic E-state index is 13.1. The van der Waals surface area contributed by atoms with Crippen LogP contribution in [0.5, 0.6) is 0 Å². The molecule has 4 rings (SSSR count). The van der Waals surface area contributed by atoms with Crippen LogP contribution in [0.3, 0.4) is 0 Å². The molecule has 1 amide bonds. The molecule has 0 unspecified atom stereocenters. The number of benzene rings is 1. The van der Waals surface area contributed by atoms with Gasteiger partial charge in [0, 0.05) is 50.3 Å². The number of fused-ring (bicyclic) bond motifs is 1. The highest BCUT2D eigenvalue weighted by Crippen LogP contribution is 2.31. The number of aryl methyl sites for hydroxylation is 1. The predicted molar refractivity (Wildman–Crippen MR) is 111 cm³/mol. The van der Waals surface area contributed by atoms with Crippen LogP contribution in [-0.4, -0.2) is 64.9 Å². The molecule has 2 aromatic rings. The first kappa shape index (κ1) is 21.5. The lowest BCUT2D eigenvalue weighted by atomic mass is 10.0. The van der Waals surface area contributed by atoms with E-state index in [4.69, 9.17) is 0 Å². The van der Waals surface area contributed by atoms with Crippen LogP contribution in [0, 0.1) is 6.92 Å². The third-order valence-corrected chi connectivity index (χ3v) is 5.99. The van der Waals surface area contributed by atoms with Crippen molar-refractivity contribution in [2.75, 3.05) is 44.2 Å². The molecule has 1 aromatic heterocycles. The van der Waals surface area contributed by atoms with E-state index in [1.54, 1.807) is 4.90 Å². The maximum atomic E-state index is 13.1. The molecule has 0 N–H and O–H groups in total. The number of aromatic nitrogens is 2. The number of nitrogens with zero attached hydrogens (tertiary/aromatic N) is 5. The number of rotatable bonds is 3. The van der Waals surface area contributed by atoms with Crippen LogP contribution in [0.1, 0.15) is 39.9 Å². The monoisotopic (exact) mass is 433 g/mol. The van der Waals surface area contributed by atoms with Crippen LogP contribution in [0.15, 0.2) is 24.3 Å². The Hall–Kier alpha value is -2.68. The topological polar surface area (TPSA) is 52.6 Å². The van der Waals surface area contributed by atoms with Crippen LogP contribution in [0.25, 0.3) is 0 Å². The first-order chi connectivity index (χ1) is 14.8. The molecule has 9 heteroatoms. The smallest absolute Gasteiger partial charge is 0.354 e. The Labute approximate surface area is 179 Å². The summed E-state index contributed by atoms with van der Waals surface area (Å²) in [5, 5.41) is 0. The van der Waals surface area contributed by atoms with E-state index in [9.17, 15) is 18.0 Å². The molecule has 2 aliphatic rings. The molecule has 3 heterocycles. The first-order valence-corrected chi connectivity index (χ1v) is 10.6. The molecule has 31 heavy (non-hydrogen) atoms. The first-order valence-electron chi connectivity index (χ1n) is 10.6. The molecule has 0 aliphatic carbocycles. The number of piperazine rings is 1. The van der Waals surface area contributed by atoms with E-state index in [1.807, 2.05) is 6.92 Å². The van der Waals surface area contributed by atoms with E-state index in [0.29, 0.717) is 25.3 Å². The van der Waals surface area contributed by atoms with Crippen LogP contribution in [0.4, 0.5) is 19.0 Å². The van der Waals surface area contributed by atoms with Crippen molar-refractivity contribution < 1.29 is 18.0 Å². The van der Waals surface area contributed by atoms with E-state index in [2.05, 4.69) is 26.7 Å². The zero-order valence-corrected chi connectivity index (χ0v) is 17.7.